The average molecular weight is 258 g/mol. The van der Waals surface area contributed by atoms with Gasteiger partial charge in [-0.3, -0.25) is 4.79 Å². The highest BCUT2D eigenvalue weighted by molar-refractivity contribution is 6.06. The molecule has 6 nitrogen and oxygen atoms in total. The Hall–Kier alpha value is -2.37. The van der Waals surface area contributed by atoms with E-state index in [0.717, 1.165) is 24.1 Å². The topological polar surface area (TPSA) is 71.1 Å². The summed E-state index contributed by atoms with van der Waals surface area (Å²) in [6.07, 6.45) is 3.32. The lowest BCUT2D eigenvalue weighted by molar-refractivity contribution is 0.0979. The molecule has 1 aromatic carbocycles. The van der Waals surface area contributed by atoms with E-state index in [9.17, 15) is 4.79 Å². The molecule has 2 aromatic rings. The second-order valence-corrected chi connectivity index (χ2v) is 4.38. The van der Waals surface area contributed by atoms with Crippen molar-refractivity contribution in [2.75, 3.05) is 18.6 Å². The predicted octanol–water partition coefficient (Wildman–Crippen LogP) is 1.41. The van der Waals surface area contributed by atoms with E-state index in [1.807, 2.05) is 18.2 Å². The number of aryl methyl sites for hydroxylation is 1. The third kappa shape index (κ3) is 1.95. The first-order chi connectivity index (χ1) is 9.31. The Labute approximate surface area is 110 Å². The fraction of sp³-hybridized carbons (Fsp3) is 0.308. The maximum Gasteiger partial charge on any atom is 0.280 e. The number of carbonyl (C=O) groups excluding carboxylic acids is 1. The number of para-hydroxylation sites is 1. The number of hydrogen-bond acceptors (Lipinski definition) is 4. The van der Waals surface area contributed by atoms with Gasteiger partial charge in [0.2, 0.25) is 0 Å². The van der Waals surface area contributed by atoms with Crippen LogP contribution in [0, 0.1) is 0 Å². The summed E-state index contributed by atoms with van der Waals surface area (Å²) in [5, 5.41) is 10.00. The molecule has 0 bridgehead atoms. The molecule has 0 saturated heterocycles. The molecule has 0 fully saturated rings. The summed E-state index contributed by atoms with van der Waals surface area (Å²) in [5.74, 6) is 0.563. The highest BCUT2D eigenvalue weighted by atomic mass is 16.5. The van der Waals surface area contributed by atoms with Crippen molar-refractivity contribution in [1.82, 2.24) is 15.4 Å². The maximum atomic E-state index is 12.4. The van der Waals surface area contributed by atoms with Crippen molar-refractivity contribution in [3.63, 3.8) is 0 Å². The fourth-order valence-electron chi connectivity index (χ4n) is 2.43. The predicted molar refractivity (Wildman–Crippen MR) is 69.4 cm³/mol. The zero-order chi connectivity index (χ0) is 13.2. The first-order valence-corrected chi connectivity index (χ1v) is 6.15. The van der Waals surface area contributed by atoms with Gasteiger partial charge in [-0.15, -0.1) is 0 Å². The van der Waals surface area contributed by atoms with Crippen LogP contribution in [0.15, 0.2) is 24.4 Å². The van der Waals surface area contributed by atoms with Crippen LogP contribution in [0.1, 0.15) is 22.5 Å². The molecule has 1 aromatic heterocycles. The highest BCUT2D eigenvalue weighted by Gasteiger charge is 2.27. The van der Waals surface area contributed by atoms with E-state index < -0.39 is 0 Å². The summed E-state index contributed by atoms with van der Waals surface area (Å²) in [6.45, 7) is 0.666. The van der Waals surface area contributed by atoms with Crippen molar-refractivity contribution in [1.29, 1.82) is 0 Å². The van der Waals surface area contributed by atoms with Gasteiger partial charge in [-0.2, -0.15) is 15.4 Å². The van der Waals surface area contributed by atoms with E-state index in [2.05, 4.69) is 15.4 Å². The van der Waals surface area contributed by atoms with Gasteiger partial charge in [0.25, 0.3) is 5.91 Å². The van der Waals surface area contributed by atoms with Crippen molar-refractivity contribution in [2.45, 2.75) is 12.8 Å². The minimum Gasteiger partial charge on any atom is -0.495 e. The number of aromatic amines is 1. The molecule has 0 atom stereocenters. The van der Waals surface area contributed by atoms with Gasteiger partial charge >= 0.3 is 0 Å². The van der Waals surface area contributed by atoms with Crippen LogP contribution in [0.3, 0.4) is 0 Å². The molecule has 6 heteroatoms. The molecular formula is C13H14N4O2. The molecule has 0 aliphatic carbocycles. The quantitative estimate of drug-likeness (QED) is 0.884. The number of nitrogens with zero attached hydrogens (tertiary/aromatic N) is 3. The van der Waals surface area contributed by atoms with Gasteiger partial charge in [0.05, 0.1) is 19.0 Å². The van der Waals surface area contributed by atoms with Gasteiger partial charge in [-0.1, -0.05) is 12.1 Å². The molecule has 1 N–H and O–H groups in total. The third-order valence-corrected chi connectivity index (χ3v) is 3.28. The Balaban J connectivity index is 2.05. The molecule has 1 aliphatic rings. The standard InChI is InChI=1S/C13H14N4O2/c1-19-11-6-2-4-9-5-3-7-17(12(9)11)13(18)10-8-14-16-15-10/h2,4,6,8H,3,5,7H2,1H3,(H,14,15,16). The van der Waals surface area contributed by atoms with E-state index in [1.54, 1.807) is 12.0 Å². The van der Waals surface area contributed by atoms with Gasteiger partial charge < -0.3 is 9.64 Å². The number of benzene rings is 1. The minimum absolute atomic E-state index is 0.154. The number of methoxy groups -OCH3 is 1. The van der Waals surface area contributed by atoms with Gasteiger partial charge in [-0.25, -0.2) is 0 Å². The summed E-state index contributed by atoms with van der Waals surface area (Å²) in [5.41, 5.74) is 2.30. The largest absolute Gasteiger partial charge is 0.495 e. The van der Waals surface area contributed by atoms with Crippen LogP contribution in [0.5, 0.6) is 5.75 Å². The highest BCUT2D eigenvalue weighted by Crippen LogP contribution is 2.36. The zero-order valence-corrected chi connectivity index (χ0v) is 10.6. The van der Waals surface area contributed by atoms with Crippen LogP contribution < -0.4 is 9.64 Å². The van der Waals surface area contributed by atoms with E-state index in [4.69, 9.17) is 4.74 Å². The number of hydrogen-bond donors (Lipinski definition) is 1. The smallest absolute Gasteiger partial charge is 0.280 e. The monoisotopic (exact) mass is 258 g/mol. The number of aromatic nitrogens is 3. The molecule has 19 heavy (non-hydrogen) atoms. The number of ether oxygens (including phenoxy) is 1. The molecule has 98 valence electrons. The molecule has 1 amide bonds. The molecule has 0 saturated carbocycles. The van der Waals surface area contributed by atoms with Gasteiger partial charge in [0, 0.05) is 6.54 Å². The number of anilines is 1. The minimum atomic E-state index is -0.154. The Morgan fingerprint density at radius 1 is 1.47 bits per heavy atom. The van der Waals surface area contributed by atoms with E-state index in [0.29, 0.717) is 18.0 Å². The average Bonchev–Trinajstić information content (AvgIpc) is 2.99. The first kappa shape index (κ1) is 11.7. The lowest BCUT2D eigenvalue weighted by Crippen LogP contribution is -2.36. The number of nitrogens with one attached hydrogen (secondary N) is 1. The molecule has 0 spiro atoms. The van der Waals surface area contributed by atoms with Crippen LogP contribution in [-0.2, 0) is 6.42 Å². The Kier molecular flexibility index (Phi) is 2.91. The van der Waals surface area contributed by atoms with Crippen LogP contribution in [0.4, 0.5) is 5.69 Å². The summed E-state index contributed by atoms with van der Waals surface area (Å²) in [7, 11) is 1.61. The number of H-pyrrole nitrogens is 1. The molecule has 0 radical (unpaired) electrons. The van der Waals surface area contributed by atoms with E-state index in [-0.39, 0.29) is 5.91 Å². The molecule has 2 heterocycles. The zero-order valence-electron chi connectivity index (χ0n) is 10.6. The normalized spacial score (nSPS) is 14.1. The summed E-state index contributed by atoms with van der Waals surface area (Å²) < 4.78 is 5.37. The molecular weight excluding hydrogens is 244 g/mol. The Morgan fingerprint density at radius 3 is 3.11 bits per heavy atom. The number of rotatable bonds is 2. The number of carbonyl (C=O) groups is 1. The molecule has 0 unspecified atom stereocenters. The Morgan fingerprint density at radius 2 is 2.37 bits per heavy atom. The fourth-order valence-corrected chi connectivity index (χ4v) is 2.43. The third-order valence-electron chi connectivity index (χ3n) is 3.28. The van der Waals surface area contributed by atoms with Crippen LogP contribution in [0.25, 0.3) is 0 Å². The van der Waals surface area contributed by atoms with Crippen molar-refractivity contribution in [3.8, 4) is 5.75 Å². The Bertz CT molecular complexity index is 580. The van der Waals surface area contributed by atoms with Gasteiger partial charge in [0.1, 0.15) is 5.75 Å². The lowest BCUT2D eigenvalue weighted by atomic mass is 10.0. The maximum absolute atomic E-state index is 12.4. The van der Waals surface area contributed by atoms with Crippen LogP contribution in [-0.4, -0.2) is 35.0 Å². The van der Waals surface area contributed by atoms with Crippen molar-refractivity contribution < 1.29 is 9.53 Å². The summed E-state index contributed by atoms with van der Waals surface area (Å²) in [4.78, 5) is 14.2. The second kappa shape index (κ2) is 4.72. The van der Waals surface area contributed by atoms with Crippen molar-refractivity contribution in [3.05, 3.63) is 35.7 Å². The lowest BCUT2D eigenvalue weighted by Gasteiger charge is -2.30. The molecule has 3 rings (SSSR count). The second-order valence-electron chi connectivity index (χ2n) is 4.38. The molecule has 1 aliphatic heterocycles. The van der Waals surface area contributed by atoms with Gasteiger partial charge in [-0.05, 0) is 24.5 Å². The van der Waals surface area contributed by atoms with Crippen molar-refractivity contribution >= 4 is 11.6 Å². The first-order valence-electron chi connectivity index (χ1n) is 6.15. The van der Waals surface area contributed by atoms with E-state index in [1.165, 1.54) is 6.20 Å². The SMILES string of the molecule is COc1cccc2c1N(C(=O)c1cn[nH]n1)CCC2. The summed E-state index contributed by atoms with van der Waals surface area (Å²) in [6, 6.07) is 5.84. The van der Waals surface area contributed by atoms with E-state index >= 15 is 0 Å². The van der Waals surface area contributed by atoms with Crippen LogP contribution in [0.2, 0.25) is 0 Å². The number of amides is 1. The number of fused-ring (bicyclic) bond motifs is 1. The van der Waals surface area contributed by atoms with Crippen molar-refractivity contribution in [2.24, 2.45) is 0 Å². The van der Waals surface area contributed by atoms with Gasteiger partial charge in [0.15, 0.2) is 5.69 Å². The summed E-state index contributed by atoms with van der Waals surface area (Å²) >= 11 is 0. The van der Waals surface area contributed by atoms with Crippen LogP contribution >= 0.6 is 0 Å².